The van der Waals surface area contributed by atoms with Gasteiger partial charge in [0, 0.05) is 18.5 Å². The smallest absolute Gasteiger partial charge is 0.191 e. The van der Waals surface area contributed by atoms with E-state index in [0.717, 1.165) is 29.8 Å². The van der Waals surface area contributed by atoms with E-state index in [2.05, 4.69) is 39.4 Å². The highest BCUT2D eigenvalue weighted by Crippen LogP contribution is 2.16. The van der Waals surface area contributed by atoms with E-state index >= 15 is 0 Å². The molecule has 0 aromatic carbocycles. The summed E-state index contributed by atoms with van der Waals surface area (Å²) < 4.78 is 0. The lowest BCUT2D eigenvalue weighted by molar-refractivity contribution is 0.330. The fraction of sp³-hybridized carbons (Fsp3) is 0.750. The number of aromatic nitrogens is 1. The Morgan fingerprint density at radius 1 is 1.22 bits per heavy atom. The first-order valence-electron chi connectivity index (χ1n) is 8.29. The van der Waals surface area contributed by atoms with E-state index in [1.165, 1.54) is 50.2 Å². The third kappa shape index (κ3) is 7.34. The van der Waals surface area contributed by atoms with Crippen LogP contribution in [0.3, 0.4) is 0 Å². The first-order valence-corrected chi connectivity index (χ1v) is 9.10. The molecule has 5 nitrogen and oxygen atoms in total. The average molecular weight is 451 g/mol. The van der Waals surface area contributed by atoms with Gasteiger partial charge in [-0.25, -0.2) is 4.98 Å². The number of aryl methyl sites for hydroxylation is 2. The Morgan fingerprint density at radius 3 is 2.57 bits per heavy atom. The minimum atomic E-state index is 0. The van der Waals surface area contributed by atoms with Gasteiger partial charge in [0.25, 0.3) is 0 Å². The quantitative estimate of drug-likeness (QED) is 0.290. The molecule has 0 bridgehead atoms. The van der Waals surface area contributed by atoms with Crippen molar-refractivity contribution in [1.82, 2.24) is 20.5 Å². The lowest BCUT2D eigenvalue weighted by atomic mass is 10.3. The highest BCUT2D eigenvalue weighted by atomic mass is 127. The van der Waals surface area contributed by atoms with Gasteiger partial charge in [-0.05, 0) is 59.2 Å². The number of nitrogens with one attached hydrogen (secondary N) is 2. The predicted molar refractivity (Wildman–Crippen MR) is 110 cm³/mol. The molecule has 0 aliphatic carbocycles. The van der Waals surface area contributed by atoms with E-state index in [4.69, 9.17) is 0 Å². The molecule has 1 fully saturated rings. The maximum Gasteiger partial charge on any atom is 0.191 e. The molecule has 0 radical (unpaired) electrons. The molecule has 23 heavy (non-hydrogen) atoms. The van der Waals surface area contributed by atoms with Crippen LogP contribution in [0.15, 0.2) is 4.99 Å². The minimum absolute atomic E-state index is 0. The van der Waals surface area contributed by atoms with Gasteiger partial charge in [-0.1, -0.05) is 0 Å². The number of aliphatic imine (C=N–C) groups is 1. The number of thiazole rings is 1. The van der Waals surface area contributed by atoms with E-state index in [-0.39, 0.29) is 24.0 Å². The third-order valence-electron chi connectivity index (χ3n) is 4.03. The number of guanidine groups is 1. The number of hydrogen-bond acceptors (Lipinski definition) is 4. The molecule has 2 rings (SSSR count). The zero-order valence-electron chi connectivity index (χ0n) is 14.5. The van der Waals surface area contributed by atoms with Gasteiger partial charge in [-0.15, -0.1) is 35.3 Å². The van der Waals surface area contributed by atoms with Crippen molar-refractivity contribution in [2.24, 2.45) is 4.99 Å². The number of rotatable bonds is 7. The molecule has 2 heterocycles. The first kappa shape index (κ1) is 20.6. The largest absolute Gasteiger partial charge is 0.356 e. The summed E-state index contributed by atoms with van der Waals surface area (Å²) in [5, 5.41) is 7.89. The lowest BCUT2D eigenvalue weighted by Crippen LogP contribution is -2.37. The van der Waals surface area contributed by atoms with Crippen LogP contribution in [0.1, 0.15) is 41.3 Å². The van der Waals surface area contributed by atoms with Crippen LogP contribution in [0.2, 0.25) is 0 Å². The molecule has 2 N–H and O–H groups in total. The Labute approximate surface area is 161 Å². The minimum Gasteiger partial charge on any atom is -0.356 e. The molecule has 1 aromatic heterocycles. The summed E-state index contributed by atoms with van der Waals surface area (Å²) >= 11 is 1.75. The summed E-state index contributed by atoms with van der Waals surface area (Å²) in [7, 11) is 1.82. The molecule has 1 saturated heterocycles. The fourth-order valence-electron chi connectivity index (χ4n) is 2.80. The second-order valence-corrected chi connectivity index (χ2v) is 7.14. The van der Waals surface area contributed by atoms with Crippen molar-refractivity contribution in [2.45, 2.75) is 46.1 Å². The van der Waals surface area contributed by atoms with Crippen LogP contribution in [0.4, 0.5) is 0 Å². The maximum atomic E-state index is 4.45. The molecule has 0 unspecified atom stereocenters. The second-order valence-electron chi connectivity index (χ2n) is 5.85. The van der Waals surface area contributed by atoms with Crippen LogP contribution in [-0.4, -0.2) is 49.1 Å². The highest BCUT2D eigenvalue weighted by molar-refractivity contribution is 14.0. The van der Waals surface area contributed by atoms with Crippen molar-refractivity contribution in [2.75, 3.05) is 33.2 Å². The van der Waals surface area contributed by atoms with Crippen molar-refractivity contribution in [3.8, 4) is 0 Å². The molecule has 0 saturated carbocycles. The van der Waals surface area contributed by atoms with E-state index in [1.54, 1.807) is 11.3 Å². The van der Waals surface area contributed by atoms with Gasteiger partial charge in [0.1, 0.15) is 0 Å². The molecular weight excluding hydrogens is 421 g/mol. The second kappa shape index (κ2) is 11.2. The number of nitrogens with zero attached hydrogens (tertiary/aromatic N) is 3. The van der Waals surface area contributed by atoms with Crippen molar-refractivity contribution < 1.29 is 0 Å². The molecule has 7 heteroatoms. The van der Waals surface area contributed by atoms with Gasteiger partial charge in [-0.2, -0.15) is 0 Å². The molecule has 1 aliphatic heterocycles. The zero-order valence-corrected chi connectivity index (χ0v) is 17.7. The Balaban J connectivity index is 0.00000264. The molecule has 0 atom stereocenters. The predicted octanol–water partition coefficient (Wildman–Crippen LogP) is 2.92. The number of halogens is 1. The van der Waals surface area contributed by atoms with Crippen molar-refractivity contribution in [3.05, 3.63) is 15.6 Å². The molecule has 132 valence electrons. The third-order valence-corrected chi connectivity index (χ3v) is 5.10. The zero-order chi connectivity index (χ0) is 15.8. The Kier molecular flexibility index (Phi) is 10.0. The molecular formula is C16H30IN5S. The number of likely N-dealkylation sites (tertiary alicyclic amines) is 1. The summed E-state index contributed by atoms with van der Waals surface area (Å²) in [4.78, 5) is 12.6. The monoisotopic (exact) mass is 451 g/mol. The normalized spacial score (nSPS) is 15.5. The van der Waals surface area contributed by atoms with Gasteiger partial charge in [0.15, 0.2) is 5.96 Å². The van der Waals surface area contributed by atoms with Gasteiger partial charge < -0.3 is 15.5 Å². The van der Waals surface area contributed by atoms with Crippen LogP contribution in [-0.2, 0) is 6.54 Å². The summed E-state index contributed by atoms with van der Waals surface area (Å²) in [6.07, 6.45) is 5.21. The van der Waals surface area contributed by atoms with E-state index < -0.39 is 0 Å². The fourth-order valence-corrected chi connectivity index (χ4v) is 3.67. The molecule has 0 spiro atoms. The number of hydrogen-bond donors (Lipinski definition) is 2. The van der Waals surface area contributed by atoms with Gasteiger partial charge in [0.05, 0.1) is 17.2 Å². The Morgan fingerprint density at radius 2 is 1.96 bits per heavy atom. The summed E-state index contributed by atoms with van der Waals surface area (Å²) in [5.74, 6) is 0.881. The van der Waals surface area contributed by atoms with Crippen molar-refractivity contribution in [3.63, 3.8) is 0 Å². The van der Waals surface area contributed by atoms with E-state index in [0.29, 0.717) is 0 Å². The summed E-state index contributed by atoms with van der Waals surface area (Å²) in [6.45, 7) is 9.73. The topological polar surface area (TPSA) is 52.6 Å². The SMILES string of the molecule is CN=C(NCCCCN1CCCC1)NCc1sc(C)nc1C.I. The van der Waals surface area contributed by atoms with Crippen LogP contribution in [0, 0.1) is 13.8 Å². The molecule has 1 aromatic rings. The maximum absolute atomic E-state index is 4.45. The Hall–Kier alpha value is -0.410. The van der Waals surface area contributed by atoms with Gasteiger partial charge in [-0.3, -0.25) is 4.99 Å². The van der Waals surface area contributed by atoms with E-state index in [1.807, 2.05) is 7.05 Å². The standard InChI is InChI=1S/C16H29N5S.HI/c1-13-15(22-14(2)20-13)12-19-16(17-3)18-8-4-5-9-21-10-6-7-11-21;/h4-12H2,1-3H3,(H2,17,18,19);1H. The molecule has 1 aliphatic rings. The first-order chi connectivity index (χ1) is 10.7. The van der Waals surface area contributed by atoms with Crippen molar-refractivity contribution >= 4 is 41.3 Å². The highest BCUT2D eigenvalue weighted by Gasteiger charge is 2.10. The average Bonchev–Trinajstić information content (AvgIpc) is 3.11. The van der Waals surface area contributed by atoms with Gasteiger partial charge >= 0.3 is 0 Å². The van der Waals surface area contributed by atoms with Crippen LogP contribution in [0.5, 0.6) is 0 Å². The Bertz CT molecular complexity index is 483. The summed E-state index contributed by atoms with van der Waals surface area (Å²) in [6, 6.07) is 0. The van der Waals surface area contributed by atoms with Crippen LogP contribution in [0.25, 0.3) is 0 Å². The van der Waals surface area contributed by atoms with Crippen molar-refractivity contribution in [1.29, 1.82) is 0 Å². The van der Waals surface area contributed by atoms with Crippen LogP contribution >= 0.6 is 35.3 Å². The molecule has 0 amide bonds. The summed E-state index contributed by atoms with van der Waals surface area (Å²) in [5.41, 5.74) is 1.12. The van der Waals surface area contributed by atoms with Crippen LogP contribution < -0.4 is 10.6 Å². The number of unbranched alkanes of at least 4 members (excludes halogenated alkanes) is 1. The van der Waals surface area contributed by atoms with Gasteiger partial charge in [0.2, 0.25) is 0 Å². The lowest BCUT2D eigenvalue weighted by Gasteiger charge is -2.15. The van der Waals surface area contributed by atoms with E-state index in [9.17, 15) is 0 Å².